The van der Waals surface area contributed by atoms with Gasteiger partial charge < -0.3 is 15.4 Å². The topological polar surface area (TPSA) is 63.7 Å². The molecule has 0 bridgehead atoms. The van der Waals surface area contributed by atoms with Crippen LogP contribution in [0.2, 0.25) is 0 Å². The first-order valence-electron chi connectivity index (χ1n) is 5.91. The second-order valence-corrected chi connectivity index (χ2v) is 5.21. The number of hydrogen-bond acceptors (Lipinski definition) is 4. The molecule has 1 fully saturated rings. The van der Waals surface area contributed by atoms with Crippen LogP contribution in [0.5, 0.6) is 5.88 Å². The van der Waals surface area contributed by atoms with Crippen LogP contribution in [0.15, 0.2) is 23.3 Å². The van der Waals surface area contributed by atoms with E-state index < -0.39 is 0 Å². The summed E-state index contributed by atoms with van der Waals surface area (Å²) in [4.78, 5) is 10.6. The van der Waals surface area contributed by atoms with Gasteiger partial charge >= 0.3 is 0 Å². The second kappa shape index (κ2) is 6.49. The average Bonchev–Trinajstić information content (AvgIpc) is 2.46. The highest BCUT2D eigenvalue weighted by Crippen LogP contribution is 2.11. The van der Waals surface area contributed by atoms with Crippen molar-refractivity contribution in [1.29, 1.82) is 0 Å². The molecule has 0 saturated carbocycles. The number of ether oxygens (including phenoxy) is 1. The van der Waals surface area contributed by atoms with Crippen LogP contribution in [-0.4, -0.2) is 47.5 Å². The van der Waals surface area contributed by atoms with Crippen molar-refractivity contribution in [3.05, 3.63) is 23.9 Å². The Hall–Kier alpha value is -1.43. The van der Waals surface area contributed by atoms with Gasteiger partial charge in [0.1, 0.15) is 0 Å². The smallest absolute Gasteiger partial charge is 0.213 e. The summed E-state index contributed by atoms with van der Waals surface area (Å²) in [6.07, 6.45) is 1.72. The number of aromatic nitrogens is 1. The molecule has 6 heteroatoms. The van der Waals surface area contributed by atoms with Gasteiger partial charge in [-0.05, 0) is 11.6 Å². The number of rotatable bonds is 3. The fraction of sp³-hybridized carbons (Fsp3) is 0.500. The largest absolute Gasteiger partial charge is 0.481 e. The predicted molar refractivity (Wildman–Crippen MR) is 75.0 cm³/mol. The van der Waals surface area contributed by atoms with Crippen molar-refractivity contribution < 1.29 is 4.74 Å². The molecular weight excluding hydrogens is 248 g/mol. The number of thioether (sulfide) groups is 1. The molecule has 2 rings (SSSR count). The Morgan fingerprint density at radius 1 is 1.56 bits per heavy atom. The highest BCUT2D eigenvalue weighted by molar-refractivity contribution is 7.99. The van der Waals surface area contributed by atoms with Crippen molar-refractivity contribution in [2.45, 2.75) is 6.54 Å². The van der Waals surface area contributed by atoms with Gasteiger partial charge in [0.2, 0.25) is 5.88 Å². The molecule has 2 heterocycles. The molecule has 0 spiro atoms. The zero-order valence-electron chi connectivity index (χ0n) is 10.5. The van der Waals surface area contributed by atoms with Gasteiger partial charge in [0, 0.05) is 36.9 Å². The molecule has 2 N–H and O–H groups in total. The van der Waals surface area contributed by atoms with Crippen LogP contribution in [-0.2, 0) is 6.54 Å². The molecule has 0 radical (unpaired) electrons. The van der Waals surface area contributed by atoms with Crippen LogP contribution in [0, 0.1) is 0 Å². The molecule has 0 amide bonds. The molecule has 5 nitrogen and oxygen atoms in total. The van der Waals surface area contributed by atoms with E-state index in [4.69, 9.17) is 10.5 Å². The van der Waals surface area contributed by atoms with E-state index in [1.54, 1.807) is 13.3 Å². The third-order valence-corrected chi connectivity index (χ3v) is 3.71. The lowest BCUT2D eigenvalue weighted by molar-refractivity contribution is 0.397. The van der Waals surface area contributed by atoms with Gasteiger partial charge in [-0.2, -0.15) is 11.8 Å². The normalized spacial score (nSPS) is 16.7. The lowest BCUT2D eigenvalue weighted by Crippen LogP contribution is -2.42. The summed E-state index contributed by atoms with van der Waals surface area (Å²) in [6, 6.07) is 3.80. The Kier molecular flexibility index (Phi) is 4.69. The van der Waals surface area contributed by atoms with Gasteiger partial charge in [0.05, 0.1) is 13.7 Å². The van der Waals surface area contributed by atoms with Crippen LogP contribution in [0.3, 0.4) is 0 Å². The molecule has 18 heavy (non-hydrogen) atoms. The molecule has 0 aromatic carbocycles. The molecule has 1 aliphatic rings. The van der Waals surface area contributed by atoms with E-state index in [0.717, 1.165) is 30.2 Å². The van der Waals surface area contributed by atoms with E-state index in [1.807, 2.05) is 23.9 Å². The Bertz CT molecular complexity index is 418. The highest BCUT2D eigenvalue weighted by Gasteiger charge is 2.11. The quantitative estimate of drug-likeness (QED) is 0.652. The fourth-order valence-electron chi connectivity index (χ4n) is 1.73. The first kappa shape index (κ1) is 13.0. The van der Waals surface area contributed by atoms with E-state index in [0.29, 0.717) is 18.4 Å². The first-order chi connectivity index (χ1) is 8.79. The van der Waals surface area contributed by atoms with Crippen LogP contribution in [0.4, 0.5) is 0 Å². The second-order valence-electron chi connectivity index (χ2n) is 3.98. The van der Waals surface area contributed by atoms with Crippen molar-refractivity contribution in [2.75, 3.05) is 31.7 Å². The fourth-order valence-corrected chi connectivity index (χ4v) is 2.63. The lowest BCUT2D eigenvalue weighted by atomic mass is 10.3. The molecule has 1 aliphatic heterocycles. The molecule has 1 saturated heterocycles. The minimum Gasteiger partial charge on any atom is -0.481 e. The molecule has 0 aliphatic carbocycles. The van der Waals surface area contributed by atoms with Crippen LogP contribution in [0.1, 0.15) is 5.56 Å². The summed E-state index contributed by atoms with van der Waals surface area (Å²) in [6.45, 7) is 2.54. The summed E-state index contributed by atoms with van der Waals surface area (Å²) in [7, 11) is 1.61. The summed E-state index contributed by atoms with van der Waals surface area (Å²) in [5.74, 6) is 3.49. The third-order valence-electron chi connectivity index (χ3n) is 2.77. The predicted octanol–water partition coefficient (Wildman–Crippen LogP) is 0.954. The number of aliphatic imine (C=N–C) groups is 1. The van der Waals surface area contributed by atoms with Crippen LogP contribution >= 0.6 is 11.8 Å². The third kappa shape index (κ3) is 3.53. The number of nitrogens with two attached hydrogens (primary N) is 1. The van der Waals surface area contributed by atoms with Gasteiger partial charge in [-0.3, -0.25) is 0 Å². The highest BCUT2D eigenvalue weighted by atomic mass is 32.2. The van der Waals surface area contributed by atoms with E-state index in [-0.39, 0.29) is 0 Å². The van der Waals surface area contributed by atoms with Crippen molar-refractivity contribution in [2.24, 2.45) is 10.7 Å². The van der Waals surface area contributed by atoms with Gasteiger partial charge in [-0.25, -0.2) is 9.98 Å². The van der Waals surface area contributed by atoms with Crippen molar-refractivity contribution in [1.82, 2.24) is 9.88 Å². The van der Waals surface area contributed by atoms with Gasteiger partial charge in [-0.15, -0.1) is 0 Å². The zero-order valence-corrected chi connectivity index (χ0v) is 11.3. The molecule has 0 unspecified atom stereocenters. The average molecular weight is 266 g/mol. The Labute approximate surface area is 111 Å². The number of guanidine groups is 1. The summed E-state index contributed by atoms with van der Waals surface area (Å²) in [5, 5.41) is 0. The minimum absolute atomic E-state index is 0.564. The number of methoxy groups -OCH3 is 1. The number of nitrogens with zero attached hydrogens (tertiary/aromatic N) is 3. The zero-order chi connectivity index (χ0) is 12.8. The SMILES string of the molecule is COc1cc(CN=C(N)N2CCSCC2)ccn1. The van der Waals surface area contributed by atoms with Crippen molar-refractivity contribution in [3.8, 4) is 5.88 Å². The van der Waals surface area contributed by atoms with Crippen molar-refractivity contribution in [3.63, 3.8) is 0 Å². The van der Waals surface area contributed by atoms with Crippen LogP contribution < -0.4 is 10.5 Å². The molecular formula is C12H18N4OS. The van der Waals surface area contributed by atoms with E-state index in [2.05, 4.69) is 14.9 Å². The Morgan fingerprint density at radius 2 is 2.33 bits per heavy atom. The number of hydrogen-bond donors (Lipinski definition) is 1. The van der Waals surface area contributed by atoms with E-state index >= 15 is 0 Å². The molecule has 0 atom stereocenters. The Balaban J connectivity index is 1.95. The molecule has 1 aromatic heterocycles. The molecule has 1 aromatic rings. The van der Waals surface area contributed by atoms with Gasteiger partial charge in [-0.1, -0.05) is 0 Å². The van der Waals surface area contributed by atoms with Gasteiger partial charge in [0.15, 0.2) is 5.96 Å². The van der Waals surface area contributed by atoms with E-state index in [1.165, 1.54) is 0 Å². The maximum absolute atomic E-state index is 5.99. The maximum Gasteiger partial charge on any atom is 0.213 e. The number of pyridine rings is 1. The summed E-state index contributed by atoms with van der Waals surface area (Å²) in [5.41, 5.74) is 7.04. The standard InChI is InChI=1S/C12H18N4OS/c1-17-11-8-10(2-3-14-11)9-15-12(13)16-4-6-18-7-5-16/h2-3,8H,4-7,9H2,1H3,(H2,13,15). The monoisotopic (exact) mass is 266 g/mol. The summed E-state index contributed by atoms with van der Waals surface area (Å²) < 4.78 is 5.07. The van der Waals surface area contributed by atoms with Crippen molar-refractivity contribution >= 4 is 17.7 Å². The molecule has 98 valence electrons. The van der Waals surface area contributed by atoms with Crippen LogP contribution in [0.25, 0.3) is 0 Å². The minimum atomic E-state index is 0.564. The van der Waals surface area contributed by atoms with E-state index in [9.17, 15) is 0 Å². The maximum atomic E-state index is 5.99. The van der Waals surface area contributed by atoms with Gasteiger partial charge in [0.25, 0.3) is 0 Å². The first-order valence-corrected chi connectivity index (χ1v) is 7.06. The lowest BCUT2D eigenvalue weighted by Gasteiger charge is -2.27. The summed E-state index contributed by atoms with van der Waals surface area (Å²) >= 11 is 1.96. The Morgan fingerprint density at radius 3 is 3.06 bits per heavy atom.